The fourth-order valence-electron chi connectivity index (χ4n) is 2.36. The van der Waals surface area contributed by atoms with Gasteiger partial charge >= 0.3 is 5.97 Å². The number of hydrogen-bond acceptors (Lipinski definition) is 5. The molecule has 1 rings (SSSR count). The van der Waals surface area contributed by atoms with E-state index < -0.39 is 16.0 Å². The van der Waals surface area contributed by atoms with Gasteiger partial charge < -0.3 is 10.0 Å². The molecule has 0 aliphatic heterocycles. The molecule has 0 aliphatic rings. The molecule has 0 aromatic carbocycles. The van der Waals surface area contributed by atoms with Gasteiger partial charge in [-0.15, -0.1) is 11.3 Å². The van der Waals surface area contributed by atoms with Gasteiger partial charge in [-0.3, -0.25) is 0 Å². The number of aryl methyl sites for hydroxylation is 1. The third-order valence-corrected chi connectivity index (χ3v) is 6.60. The van der Waals surface area contributed by atoms with Gasteiger partial charge in [0, 0.05) is 19.1 Å². The first-order valence-electron chi connectivity index (χ1n) is 6.60. The molecule has 6 nitrogen and oxygen atoms in total. The largest absolute Gasteiger partial charge is 0.477 e. The summed E-state index contributed by atoms with van der Waals surface area (Å²) in [6.07, 6.45) is 0. The maximum absolute atomic E-state index is 12.8. The Morgan fingerprint density at radius 2 is 2.00 bits per heavy atom. The molecular formula is C13H22N2O4S2. The van der Waals surface area contributed by atoms with Gasteiger partial charge in [-0.05, 0) is 38.9 Å². The van der Waals surface area contributed by atoms with Crippen molar-refractivity contribution in [3.8, 4) is 0 Å². The Labute approximate surface area is 130 Å². The lowest BCUT2D eigenvalue weighted by molar-refractivity contribution is 0.0698. The van der Waals surface area contributed by atoms with E-state index in [1.165, 1.54) is 4.31 Å². The highest BCUT2D eigenvalue weighted by Crippen LogP contribution is 2.30. The minimum absolute atomic E-state index is 0.0764. The Kier molecular flexibility index (Phi) is 5.92. The summed E-state index contributed by atoms with van der Waals surface area (Å²) in [5.41, 5.74) is 0.480. The smallest absolute Gasteiger partial charge is 0.347 e. The fraction of sp³-hybridized carbons (Fsp3) is 0.615. The van der Waals surface area contributed by atoms with Crippen LogP contribution in [0, 0.1) is 6.92 Å². The minimum atomic E-state index is -3.82. The van der Waals surface area contributed by atoms with Crippen LogP contribution in [0.5, 0.6) is 0 Å². The summed E-state index contributed by atoms with van der Waals surface area (Å²) in [4.78, 5) is 13.0. The van der Waals surface area contributed by atoms with Crippen LogP contribution in [0.3, 0.4) is 0 Å². The molecule has 0 spiro atoms. The summed E-state index contributed by atoms with van der Waals surface area (Å²) in [5.74, 6) is -1.21. The number of hydrogen-bond donors (Lipinski definition) is 1. The molecule has 1 atom stereocenters. The first-order chi connectivity index (χ1) is 9.62. The van der Waals surface area contributed by atoms with Crippen molar-refractivity contribution in [2.75, 3.05) is 27.2 Å². The monoisotopic (exact) mass is 334 g/mol. The molecule has 0 fully saturated rings. The SMILES string of the molecule is CCN(C(C)CN(C)C)S(=O)(=O)c1c(C)csc1C(=O)O. The highest BCUT2D eigenvalue weighted by atomic mass is 32.2. The summed E-state index contributed by atoms with van der Waals surface area (Å²) in [7, 11) is -0.0817. The van der Waals surface area contributed by atoms with Gasteiger partial charge in [0.2, 0.25) is 10.0 Å². The second-order valence-corrected chi connectivity index (χ2v) is 7.91. The van der Waals surface area contributed by atoms with Crippen molar-refractivity contribution in [2.45, 2.75) is 31.7 Å². The van der Waals surface area contributed by atoms with Crippen molar-refractivity contribution in [2.24, 2.45) is 0 Å². The number of aromatic carboxylic acids is 1. The summed E-state index contributed by atoms with van der Waals surface area (Å²) < 4.78 is 27.0. The van der Waals surface area contributed by atoms with Gasteiger partial charge in [-0.1, -0.05) is 6.92 Å². The van der Waals surface area contributed by atoms with Crippen LogP contribution in [0.4, 0.5) is 0 Å². The van der Waals surface area contributed by atoms with Gasteiger partial charge in [0.15, 0.2) is 0 Å². The van der Waals surface area contributed by atoms with E-state index in [9.17, 15) is 18.3 Å². The lowest BCUT2D eigenvalue weighted by Crippen LogP contribution is -2.44. The van der Waals surface area contributed by atoms with Crippen LogP contribution in [0.2, 0.25) is 0 Å². The van der Waals surface area contributed by atoms with Gasteiger partial charge in [0.25, 0.3) is 0 Å². The number of likely N-dealkylation sites (N-methyl/N-ethyl adjacent to an activating group) is 2. The van der Waals surface area contributed by atoms with Crippen molar-refractivity contribution < 1.29 is 18.3 Å². The number of sulfonamides is 1. The zero-order valence-electron chi connectivity index (χ0n) is 13.0. The predicted octanol–water partition coefficient (Wildman–Crippen LogP) is 1.72. The summed E-state index contributed by atoms with van der Waals surface area (Å²) in [6.45, 7) is 6.07. The van der Waals surface area contributed by atoms with Crippen molar-refractivity contribution in [3.63, 3.8) is 0 Å². The normalized spacial score (nSPS) is 13.9. The first kappa shape index (κ1) is 18.1. The summed E-state index contributed by atoms with van der Waals surface area (Å²) in [5, 5.41) is 10.8. The number of carboxylic acid groups (broad SMARTS) is 1. The van der Waals surface area contributed by atoms with Crippen LogP contribution in [0.15, 0.2) is 10.3 Å². The molecule has 120 valence electrons. The van der Waals surface area contributed by atoms with E-state index in [-0.39, 0.29) is 15.8 Å². The second-order valence-electron chi connectivity index (χ2n) is 5.20. The third-order valence-electron chi connectivity index (χ3n) is 3.11. The van der Waals surface area contributed by atoms with Crippen molar-refractivity contribution in [1.82, 2.24) is 9.21 Å². The Bertz CT molecular complexity index is 608. The maximum atomic E-state index is 12.8. The predicted molar refractivity (Wildman–Crippen MR) is 83.6 cm³/mol. The zero-order valence-corrected chi connectivity index (χ0v) is 14.6. The minimum Gasteiger partial charge on any atom is -0.477 e. The lowest BCUT2D eigenvalue weighted by Gasteiger charge is -2.29. The topological polar surface area (TPSA) is 77.9 Å². The van der Waals surface area contributed by atoms with Crippen LogP contribution in [-0.4, -0.2) is 61.9 Å². The van der Waals surface area contributed by atoms with E-state index >= 15 is 0 Å². The molecular weight excluding hydrogens is 312 g/mol. The number of nitrogens with zero attached hydrogens (tertiary/aromatic N) is 2. The average Bonchev–Trinajstić information content (AvgIpc) is 2.71. The molecule has 0 saturated heterocycles. The molecule has 0 saturated carbocycles. The van der Waals surface area contributed by atoms with Gasteiger partial charge in [0.1, 0.15) is 9.77 Å². The molecule has 1 heterocycles. The lowest BCUT2D eigenvalue weighted by atomic mass is 10.3. The highest BCUT2D eigenvalue weighted by Gasteiger charge is 2.34. The van der Waals surface area contributed by atoms with E-state index in [0.717, 1.165) is 11.3 Å². The number of carboxylic acids is 1. The molecule has 1 N–H and O–H groups in total. The van der Waals surface area contributed by atoms with E-state index in [0.29, 0.717) is 18.7 Å². The Morgan fingerprint density at radius 3 is 2.43 bits per heavy atom. The number of rotatable bonds is 7. The van der Waals surface area contributed by atoms with E-state index in [1.54, 1.807) is 19.2 Å². The van der Waals surface area contributed by atoms with Crippen LogP contribution < -0.4 is 0 Å². The van der Waals surface area contributed by atoms with Crippen molar-refractivity contribution in [3.05, 3.63) is 15.8 Å². The second kappa shape index (κ2) is 6.87. The van der Waals surface area contributed by atoms with E-state index in [2.05, 4.69) is 0 Å². The third kappa shape index (κ3) is 3.82. The van der Waals surface area contributed by atoms with Crippen LogP contribution >= 0.6 is 11.3 Å². The van der Waals surface area contributed by atoms with E-state index in [1.807, 2.05) is 25.9 Å². The molecule has 21 heavy (non-hydrogen) atoms. The molecule has 0 bridgehead atoms. The van der Waals surface area contributed by atoms with Crippen LogP contribution in [0.1, 0.15) is 29.1 Å². The van der Waals surface area contributed by atoms with Gasteiger partial charge in [0.05, 0.1) is 0 Å². The van der Waals surface area contributed by atoms with Crippen LogP contribution in [-0.2, 0) is 10.0 Å². The number of carbonyl (C=O) groups is 1. The first-order valence-corrected chi connectivity index (χ1v) is 8.92. The summed E-state index contributed by atoms with van der Waals surface area (Å²) >= 11 is 0.949. The molecule has 0 radical (unpaired) electrons. The standard InChI is InChI=1S/C13H22N2O4S2/c1-6-15(10(3)7-14(4)5)21(18,19)12-9(2)8-20-11(12)13(16)17/h8,10H,6-7H2,1-5H3,(H,16,17). The molecule has 8 heteroatoms. The van der Waals surface area contributed by atoms with Crippen molar-refractivity contribution in [1.29, 1.82) is 0 Å². The quantitative estimate of drug-likeness (QED) is 0.821. The molecule has 1 unspecified atom stereocenters. The van der Waals surface area contributed by atoms with E-state index in [4.69, 9.17) is 0 Å². The fourth-order valence-corrected chi connectivity index (χ4v) is 5.58. The maximum Gasteiger partial charge on any atom is 0.347 e. The van der Waals surface area contributed by atoms with Crippen LogP contribution in [0.25, 0.3) is 0 Å². The average molecular weight is 334 g/mol. The molecule has 1 aromatic rings. The Hall–Kier alpha value is -0.960. The zero-order chi connectivity index (χ0) is 16.4. The number of thiophene rings is 1. The highest BCUT2D eigenvalue weighted by molar-refractivity contribution is 7.89. The molecule has 1 aromatic heterocycles. The Balaban J connectivity index is 3.32. The van der Waals surface area contributed by atoms with Gasteiger partial charge in [-0.25, -0.2) is 13.2 Å². The Morgan fingerprint density at radius 1 is 1.43 bits per heavy atom. The van der Waals surface area contributed by atoms with Gasteiger partial charge in [-0.2, -0.15) is 4.31 Å². The van der Waals surface area contributed by atoms with Crippen molar-refractivity contribution >= 4 is 27.3 Å². The molecule has 0 aliphatic carbocycles. The molecule has 0 amide bonds. The summed E-state index contributed by atoms with van der Waals surface area (Å²) in [6, 6.07) is -0.240.